The molecule has 1 aromatic heterocycles. The zero-order valence-electron chi connectivity index (χ0n) is 15.8. The predicted octanol–water partition coefficient (Wildman–Crippen LogP) is 4.78. The first kappa shape index (κ1) is 18.5. The van der Waals surface area contributed by atoms with E-state index < -0.39 is 17.8 Å². The largest absolute Gasteiger partial charge is 0.416 e. The summed E-state index contributed by atoms with van der Waals surface area (Å²) in [6, 6.07) is 10.8. The third kappa shape index (κ3) is 3.14. The SMILES string of the molecule is O=C(N=C1C=CCc2[nH]c3ccccc3c21)NN1CCc2cc(C(F)(F)F)ccc21. The number of halogens is 3. The molecule has 8 heteroatoms. The lowest BCUT2D eigenvalue weighted by Crippen LogP contribution is -2.40. The van der Waals surface area contributed by atoms with Gasteiger partial charge in [-0.1, -0.05) is 24.3 Å². The third-order valence-electron chi connectivity index (χ3n) is 5.39. The number of H-pyrrole nitrogens is 1. The summed E-state index contributed by atoms with van der Waals surface area (Å²) in [6.07, 6.45) is 0.514. The molecule has 1 aliphatic heterocycles. The van der Waals surface area contributed by atoms with Crippen molar-refractivity contribution in [1.29, 1.82) is 0 Å². The second kappa shape index (κ2) is 6.76. The van der Waals surface area contributed by atoms with Crippen LogP contribution in [0.4, 0.5) is 23.7 Å². The minimum absolute atomic E-state index is 0.390. The van der Waals surface area contributed by atoms with E-state index in [9.17, 15) is 18.0 Å². The fraction of sp³-hybridized carbons (Fsp3) is 0.182. The van der Waals surface area contributed by atoms with E-state index in [0.29, 0.717) is 29.9 Å². The van der Waals surface area contributed by atoms with Gasteiger partial charge < -0.3 is 4.98 Å². The van der Waals surface area contributed by atoms with Gasteiger partial charge in [-0.25, -0.2) is 10.2 Å². The standard InChI is InChI=1S/C22H17F3N4O/c23-22(24,25)14-8-9-19-13(12-14)10-11-29(19)28-21(30)27-18-7-3-6-17-20(18)15-4-1-2-5-16(15)26-17/h1-5,7-9,12,26H,6,10-11H2,(H,28,30). The van der Waals surface area contributed by atoms with E-state index in [4.69, 9.17) is 0 Å². The number of nitrogens with zero attached hydrogens (tertiary/aromatic N) is 2. The molecule has 1 aliphatic carbocycles. The summed E-state index contributed by atoms with van der Waals surface area (Å²) in [5, 5.41) is 2.54. The summed E-state index contributed by atoms with van der Waals surface area (Å²) < 4.78 is 38.8. The zero-order valence-corrected chi connectivity index (χ0v) is 15.8. The van der Waals surface area contributed by atoms with Gasteiger partial charge in [0.15, 0.2) is 0 Å². The van der Waals surface area contributed by atoms with Crippen molar-refractivity contribution in [2.45, 2.75) is 19.0 Å². The Morgan fingerprint density at radius 2 is 2.00 bits per heavy atom. The van der Waals surface area contributed by atoms with E-state index >= 15 is 0 Å². The van der Waals surface area contributed by atoms with Gasteiger partial charge >= 0.3 is 12.2 Å². The van der Waals surface area contributed by atoms with Crippen LogP contribution in [0.25, 0.3) is 10.9 Å². The Labute approximate surface area is 169 Å². The number of hydrazine groups is 1. The maximum absolute atomic E-state index is 12.9. The first-order chi connectivity index (χ1) is 14.4. The number of rotatable bonds is 1. The van der Waals surface area contributed by atoms with Crippen LogP contribution in [0, 0.1) is 0 Å². The number of urea groups is 1. The van der Waals surface area contributed by atoms with Crippen molar-refractivity contribution in [2.75, 3.05) is 11.6 Å². The lowest BCUT2D eigenvalue weighted by molar-refractivity contribution is -0.137. The van der Waals surface area contributed by atoms with Gasteiger partial charge in [-0.3, -0.25) is 5.01 Å². The van der Waals surface area contributed by atoms with Crippen molar-refractivity contribution >= 4 is 28.3 Å². The van der Waals surface area contributed by atoms with E-state index in [2.05, 4.69) is 15.4 Å². The first-order valence-corrected chi connectivity index (χ1v) is 9.53. The molecule has 0 saturated heterocycles. The molecule has 0 bridgehead atoms. The van der Waals surface area contributed by atoms with E-state index in [-0.39, 0.29) is 0 Å². The van der Waals surface area contributed by atoms with Crippen LogP contribution in [0.3, 0.4) is 0 Å². The molecule has 0 saturated carbocycles. The molecule has 0 spiro atoms. The minimum atomic E-state index is -4.39. The highest BCUT2D eigenvalue weighted by molar-refractivity contribution is 6.20. The molecule has 0 unspecified atom stereocenters. The minimum Gasteiger partial charge on any atom is -0.358 e. The quantitative estimate of drug-likeness (QED) is 0.607. The van der Waals surface area contributed by atoms with Gasteiger partial charge in [0.2, 0.25) is 0 Å². The number of aromatic nitrogens is 1. The van der Waals surface area contributed by atoms with E-state index in [1.54, 1.807) is 5.01 Å². The second-order valence-corrected chi connectivity index (χ2v) is 7.29. The Bertz CT molecular complexity index is 1220. The van der Waals surface area contributed by atoms with Crippen molar-refractivity contribution in [2.24, 2.45) is 4.99 Å². The number of amides is 2. The molecule has 0 radical (unpaired) electrons. The number of benzene rings is 2. The number of hydrogen-bond donors (Lipinski definition) is 2. The molecule has 0 fully saturated rings. The number of nitrogens with one attached hydrogen (secondary N) is 2. The van der Waals surface area contributed by atoms with E-state index in [1.807, 2.05) is 36.4 Å². The fourth-order valence-electron chi connectivity index (χ4n) is 4.05. The van der Waals surface area contributed by atoms with Gasteiger partial charge in [0.25, 0.3) is 0 Å². The number of hydrogen-bond acceptors (Lipinski definition) is 2. The van der Waals surface area contributed by atoms with Crippen LogP contribution in [0.15, 0.2) is 59.6 Å². The lowest BCUT2D eigenvalue weighted by Gasteiger charge is -2.19. The highest BCUT2D eigenvalue weighted by Crippen LogP contribution is 2.35. The summed E-state index contributed by atoms with van der Waals surface area (Å²) in [7, 11) is 0. The Kier molecular flexibility index (Phi) is 4.16. The van der Waals surface area contributed by atoms with Gasteiger partial charge in [0, 0.05) is 35.1 Å². The summed E-state index contributed by atoms with van der Waals surface area (Å²) in [5.74, 6) is 0. The van der Waals surface area contributed by atoms with E-state index in [0.717, 1.165) is 40.7 Å². The van der Waals surface area contributed by atoms with Crippen LogP contribution in [0.1, 0.15) is 22.4 Å². The topological polar surface area (TPSA) is 60.5 Å². The molecule has 3 aromatic rings. The molecule has 5 rings (SSSR count). The maximum atomic E-state index is 12.9. The molecule has 0 atom stereocenters. The van der Waals surface area contributed by atoms with Gasteiger partial charge in [-0.2, -0.15) is 18.2 Å². The summed E-state index contributed by atoms with van der Waals surface area (Å²) in [5.41, 5.74) is 6.55. The molecular weight excluding hydrogens is 393 g/mol. The van der Waals surface area contributed by atoms with Crippen molar-refractivity contribution in [3.63, 3.8) is 0 Å². The molecule has 5 nitrogen and oxygen atoms in total. The Morgan fingerprint density at radius 3 is 2.83 bits per heavy atom. The summed E-state index contributed by atoms with van der Waals surface area (Å²) in [4.78, 5) is 20.2. The molecule has 2 N–H and O–H groups in total. The first-order valence-electron chi connectivity index (χ1n) is 9.53. The Morgan fingerprint density at radius 1 is 1.17 bits per heavy atom. The van der Waals surface area contributed by atoms with Crippen LogP contribution >= 0.6 is 0 Å². The van der Waals surface area contributed by atoms with Gasteiger partial charge in [0.1, 0.15) is 0 Å². The smallest absolute Gasteiger partial charge is 0.358 e. The second-order valence-electron chi connectivity index (χ2n) is 7.29. The monoisotopic (exact) mass is 410 g/mol. The number of para-hydroxylation sites is 1. The van der Waals surface area contributed by atoms with Crippen LogP contribution in [-0.4, -0.2) is 23.3 Å². The Balaban J connectivity index is 1.40. The van der Waals surface area contributed by atoms with Crippen LogP contribution < -0.4 is 10.4 Å². The number of fused-ring (bicyclic) bond motifs is 4. The maximum Gasteiger partial charge on any atom is 0.416 e. The molecule has 152 valence electrons. The van der Waals surface area contributed by atoms with Gasteiger partial charge in [-0.05, 0) is 42.3 Å². The Hall–Kier alpha value is -3.55. The van der Waals surface area contributed by atoms with Crippen molar-refractivity contribution < 1.29 is 18.0 Å². The van der Waals surface area contributed by atoms with Crippen molar-refractivity contribution in [1.82, 2.24) is 10.4 Å². The highest BCUT2D eigenvalue weighted by Gasteiger charge is 2.32. The number of carbonyl (C=O) groups excluding carboxylic acids is 1. The molecule has 2 aliphatic rings. The fourth-order valence-corrected chi connectivity index (χ4v) is 4.05. The molecule has 2 amide bonds. The van der Waals surface area contributed by atoms with Crippen molar-refractivity contribution in [3.8, 4) is 0 Å². The average Bonchev–Trinajstić information content (AvgIpc) is 3.28. The number of alkyl halides is 3. The molecule has 2 heterocycles. The lowest BCUT2D eigenvalue weighted by atomic mass is 9.99. The van der Waals surface area contributed by atoms with Crippen LogP contribution in [0.2, 0.25) is 0 Å². The third-order valence-corrected chi connectivity index (χ3v) is 5.39. The number of allylic oxidation sites excluding steroid dienone is 2. The number of aromatic amines is 1. The van der Waals surface area contributed by atoms with Crippen LogP contribution in [0.5, 0.6) is 0 Å². The number of carbonyl (C=O) groups is 1. The zero-order chi connectivity index (χ0) is 20.9. The van der Waals surface area contributed by atoms with Crippen molar-refractivity contribution in [3.05, 3.63) is 77.0 Å². The van der Waals surface area contributed by atoms with Gasteiger partial charge in [-0.15, -0.1) is 0 Å². The molecular formula is C22H17F3N4O. The normalized spacial score (nSPS) is 16.8. The van der Waals surface area contributed by atoms with E-state index in [1.165, 1.54) is 6.07 Å². The summed E-state index contributed by atoms with van der Waals surface area (Å²) in [6.45, 7) is 0.390. The predicted molar refractivity (Wildman–Crippen MR) is 109 cm³/mol. The van der Waals surface area contributed by atoms with Gasteiger partial charge in [0.05, 0.1) is 17.0 Å². The number of aliphatic imine (C=N–C) groups is 1. The number of anilines is 1. The average molecular weight is 410 g/mol. The van der Waals surface area contributed by atoms with Crippen LogP contribution in [-0.2, 0) is 19.0 Å². The molecule has 30 heavy (non-hydrogen) atoms. The molecule has 2 aromatic carbocycles. The highest BCUT2D eigenvalue weighted by atomic mass is 19.4. The summed E-state index contributed by atoms with van der Waals surface area (Å²) >= 11 is 0.